The van der Waals surface area contributed by atoms with Crippen LogP contribution in [-0.4, -0.2) is 21.9 Å². The summed E-state index contributed by atoms with van der Waals surface area (Å²) in [5.41, 5.74) is 1.69. The zero-order valence-corrected chi connectivity index (χ0v) is 17.8. The van der Waals surface area contributed by atoms with Gasteiger partial charge in [-0.25, -0.2) is 0 Å². The van der Waals surface area contributed by atoms with E-state index in [1.165, 1.54) is 10.8 Å². The molecule has 0 saturated carbocycles. The number of aromatic hydroxyl groups is 1. The summed E-state index contributed by atoms with van der Waals surface area (Å²) in [6.07, 6.45) is 0. The van der Waals surface area contributed by atoms with Crippen molar-refractivity contribution in [3.8, 4) is 11.5 Å². The van der Waals surface area contributed by atoms with Crippen LogP contribution in [0.25, 0.3) is 21.8 Å². The number of benzene rings is 3. The third kappa shape index (κ3) is 3.18. The standard InChI is InChI=1S/C21H15Br2N3O2/c22-13-1-7-19-17(9-13)18-10-14(23)2-8-20(18)26(19)11-21(24-25-21)12-28-16-5-3-15(27)4-6-16/h1-10,27H,11-12H2. The first kappa shape index (κ1) is 17.7. The lowest BCUT2D eigenvalue weighted by Gasteiger charge is -2.15. The SMILES string of the molecule is Oc1ccc(OCC2(Cn3c4ccc(Br)cc4c4cc(Br)ccc43)N=N2)cc1. The molecule has 1 aromatic heterocycles. The van der Waals surface area contributed by atoms with Crippen LogP contribution in [0.5, 0.6) is 11.5 Å². The summed E-state index contributed by atoms with van der Waals surface area (Å²) in [7, 11) is 0. The molecule has 0 fully saturated rings. The van der Waals surface area contributed by atoms with Gasteiger partial charge in [0.05, 0.1) is 6.54 Å². The fourth-order valence-corrected chi connectivity index (χ4v) is 4.17. The van der Waals surface area contributed by atoms with Gasteiger partial charge < -0.3 is 14.4 Å². The normalized spacial score (nSPS) is 14.6. The van der Waals surface area contributed by atoms with E-state index in [1.807, 2.05) is 12.1 Å². The van der Waals surface area contributed by atoms with Gasteiger partial charge in [-0.05, 0) is 60.7 Å². The molecule has 0 amide bonds. The van der Waals surface area contributed by atoms with Crippen molar-refractivity contribution in [1.82, 2.24) is 4.57 Å². The maximum absolute atomic E-state index is 9.41. The largest absolute Gasteiger partial charge is 0.508 e. The number of ether oxygens (including phenoxy) is 1. The van der Waals surface area contributed by atoms with E-state index >= 15 is 0 Å². The molecule has 0 aliphatic carbocycles. The Labute approximate surface area is 177 Å². The lowest BCUT2D eigenvalue weighted by Crippen LogP contribution is -2.27. The lowest BCUT2D eigenvalue weighted by atomic mass is 10.2. The van der Waals surface area contributed by atoms with E-state index in [9.17, 15) is 5.11 Å². The quantitative estimate of drug-likeness (QED) is 0.351. The van der Waals surface area contributed by atoms with Crippen LogP contribution < -0.4 is 4.74 Å². The van der Waals surface area contributed by atoms with Crippen molar-refractivity contribution in [1.29, 1.82) is 0 Å². The number of aromatic nitrogens is 1. The molecule has 1 N–H and O–H groups in total. The van der Waals surface area contributed by atoms with Crippen LogP contribution in [0.1, 0.15) is 0 Å². The van der Waals surface area contributed by atoms with Gasteiger partial charge in [-0.3, -0.25) is 0 Å². The lowest BCUT2D eigenvalue weighted by molar-refractivity contribution is 0.253. The van der Waals surface area contributed by atoms with E-state index in [1.54, 1.807) is 24.3 Å². The minimum Gasteiger partial charge on any atom is -0.508 e. The Morgan fingerprint density at radius 3 is 1.96 bits per heavy atom. The van der Waals surface area contributed by atoms with E-state index in [2.05, 4.69) is 70.9 Å². The van der Waals surface area contributed by atoms with E-state index in [0.717, 1.165) is 20.0 Å². The molecule has 7 heteroatoms. The Morgan fingerprint density at radius 2 is 1.43 bits per heavy atom. The summed E-state index contributed by atoms with van der Waals surface area (Å²) in [6.45, 7) is 0.959. The van der Waals surface area contributed by atoms with Crippen LogP contribution in [0.15, 0.2) is 79.8 Å². The molecule has 5 rings (SSSR count). The number of halogens is 2. The van der Waals surface area contributed by atoms with Gasteiger partial charge in [-0.1, -0.05) is 31.9 Å². The van der Waals surface area contributed by atoms with Gasteiger partial charge in [0.2, 0.25) is 5.66 Å². The molecule has 0 bridgehead atoms. The number of rotatable bonds is 5. The van der Waals surface area contributed by atoms with Crippen LogP contribution in [0, 0.1) is 0 Å². The average molecular weight is 501 g/mol. The molecule has 0 radical (unpaired) electrons. The van der Waals surface area contributed by atoms with Crippen molar-refractivity contribution in [3.63, 3.8) is 0 Å². The fraction of sp³-hybridized carbons (Fsp3) is 0.143. The van der Waals surface area contributed by atoms with Crippen molar-refractivity contribution in [3.05, 3.63) is 69.6 Å². The molecule has 1 aliphatic rings. The molecule has 2 heterocycles. The van der Waals surface area contributed by atoms with Crippen molar-refractivity contribution in [2.45, 2.75) is 12.2 Å². The van der Waals surface area contributed by atoms with Gasteiger partial charge in [-0.15, -0.1) is 0 Å². The molecule has 1 aliphatic heterocycles. The van der Waals surface area contributed by atoms with Gasteiger partial charge >= 0.3 is 0 Å². The molecule has 3 aromatic carbocycles. The third-order valence-electron chi connectivity index (χ3n) is 4.89. The van der Waals surface area contributed by atoms with Crippen LogP contribution >= 0.6 is 31.9 Å². The molecule has 0 atom stereocenters. The number of hydrogen-bond acceptors (Lipinski definition) is 4. The molecule has 28 heavy (non-hydrogen) atoms. The smallest absolute Gasteiger partial charge is 0.241 e. The van der Waals surface area contributed by atoms with E-state index in [-0.39, 0.29) is 5.75 Å². The first-order valence-corrected chi connectivity index (χ1v) is 10.3. The van der Waals surface area contributed by atoms with Gasteiger partial charge in [0.1, 0.15) is 18.1 Å². The van der Waals surface area contributed by atoms with Gasteiger partial charge in [-0.2, -0.15) is 10.2 Å². The number of phenolic OH excluding ortho intramolecular Hbond substituents is 1. The van der Waals surface area contributed by atoms with Gasteiger partial charge in [0.25, 0.3) is 0 Å². The maximum atomic E-state index is 9.41. The summed E-state index contributed by atoms with van der Waals surface area (Å²) < 4.78 is 10.2. The Bertz CT molecular complexity index is 1170. The third-order valence-corrected chi connectivity index (χ3v) is 5.88. The highest BCUT2D eigenvalue weighted by Crippen LogP contribution is 2.38. The zero-order chi connectivity index (χ0) is 19.3. The number of nitrogens with zero attached hydrogens (tertiary/aromatic N) is 3. The van der Waals surface area contributed by atoms with Crippen LogP contribution in [0.2, 0.25) is 0 Å². The zero-order valence-electron chi connectivity index (χ0n) is 14.6. The Kier molecular flexibility index (Phi) is 4.17. The minimum atomic E-state index is -0.586. The molecule has 4 aromatic rings. The van der Waals surface area contributed by atoms with E-state index in [0.29, 0.717) is 18.9 Å². The molecular formula is C21H15Br2N3O2. The Hall–Kier alpha value is -2.38. The molecule has 0 unspecified atom stereocenters. The topological polar surface area (TPSA) is 59.1 Å². The summed E-state index contributed by atoms with van der Waals surface area (Å²) in [5, 5.41) is 20.4. The first-order chi connectivity index (χ1) is 13.5. The summed E-state index contributed by atoms with van der Waals surface area (Å²) >= 11 is 7.16. The number of phenols is 1. The molecule has 5 nitrogen and oxygen atoms in total. The monoisotopic (exact) mass is 499 g/mol. The van der Waals surface area contributed by atoms with Crippen molar-refractivity contribution in [2.75, 3.05) is 6.61 Å². The van der Waals surface area contributed by atoms with E-state index < -0.39 is 5.66 Å². The van der Waals surface area contributed by atoms with Gasteiger partial charge in [0, 0.05) is 30.8 Å². The highest BCUT2D eigenvalue weighted by Gasteiger charge is 2.42. The van der Waals surface area contributed by atoms with Crippen molar-refractivity contribution in [2.24, 2.45) is 10.2 Å². The van der Waals surface area contributed by atoms with Gasteiger partial charge in [0.15, 0.2) is 0 Å². The molecule has 140 valence electrons. The second-order valence-electron chi connectivity index (χ2n) is 6.87. The first-order valence-electron chi connectivity index (χ1n) is 8.76. The highest BCUT2D eigenvalue weighted by molar-refractivity contribution is 9.10. The van der Waals surface area contributed by atoms with Crippen LogP contribution in [0.3, 0.4) is 0 Å². The second-order valence-corrected chi connectivity index (χ2v) is 8.71. The number of hydrogen-bond donors (Lipinski definition) is 1. The molecule has 0 spiro atoms. The summed E-state index contributed by atoms with van der Waals surface area (Å²) in [4.78, 5) is 0. The average Bonchev–Trinajstić information content (AvgIpc) is 3.40. The predicted molar refractivity (Wildman–Crippen MR) is 116 cm³/mol. The second kappa shape index (κ2) is 6.60. The number of fused-ring (bicyclic) bond motifs is 3. The van der Waals surface area contributed by atoms with E-state index in [4.69, 9.17) is 4.74 Å². The Balaban J connectivity index is 1.49. The minimum absolute atomic E-state index is 0.213. The van der Waals surface area contributed by atoms with Crippen molar-refractivity contribution >= 4 is 53.7 Å². The maximum Gasteiger partial charge on any atom is 0.241 e. The fourth-order valence-electron chi connectivity index (χ4n) is 3.45. The van der Waals surface area contributed by atoms with Crippen LogP contribution in [-0.2, 0) is 6.54 Å². The highest BCUT2D eigenvalue weighted by atomic mass is 79.9. The summed E-state index contributed by atoms with van der Waals surface area (Å²) in [5.74, 6) is 0.898. The molecular weight excluding hydrogens is 486 g/mol. The predicted octanol–water partition coefficient (Wildman–Crippen LogP) is 6.27. The molecule has 0 saturated heterocycles. The summed E-state index contributed by atoms with van der Waals surface area (Å²) in [6, 6.07) is 19.3. The van der Waals surface area contributed by atoms with Crippen molar-refractivity contribution < 1.29 is 9.84 Å². The Morgan fingerprint density at radius 1 is 0.857 bits per heavy atom. The van der Waals surface area contributed by atoms with Crippen LogP contribution in [0.4, 0.5) is 0 Å².